The van der Waals surface area contributed by atoms with Crippen LogP contribution in [0.3, 0.4) is 0 Å². The summed E-state index contributed by atoms with van der Waals surface area (Å²) in [4.78, 5) is 27.8. The summed E-state index contributed by atoms with van der Waals surface area (Å²) in [6.07, 6.45) is -5.23. The Hall–Kier alpha value is -2.38. The van der Waals surface area contributed by atoms with E-state index in [4.69, 9.17) is 0 Å². The highest BCUT2D eigenvalue weighted by Crippen LogP contribution is 2.38. The average Bonchev–Trinajstić information content (AvgIpc) is 3.13. The maximum atomic E-state index is 13.4. The van der Waals surface area contributed by atoms with E-state index in [1.807, 2.05) is 0 Å². The summed E-state index contributed by atoms with van der Waals surface area (Å²) in [6.45, 7) is 1.71. The van der Waals surface area contributed by atoms with Crippen LogP contribution in [0, 0.1) is 11.3 Å². The van der Waals surface area contributed by atoms with Gasteiger partial charge in [0.1, 0.15) is 17.5 Å². The van der Waals surface area contributed by atoms with Crippen LogP contribution >= 0.6 is 23.1 Å². The zero-order chi connectivity index (χ0) is 20.0. The number of aromatic nitrogens is 1. The Morgan fingerprint density at radius 2 is 2.15 bits per heavy atom. The quantitative estimate of drug-likeness (QED) is 0.381. The fourth-order valence-corrected chi connectivity index (χ4v) is 3.63. The normalized spacial score (nSPS) is 11.1. The number of esters is 1. The second kappa shape index (κ2) is 9.01. The monoisotopic (exact) mass is 414 g/mol. The van der Waals surface area contributed by atoms with Gasteiger partial charge in [0.05, 0.1) is 34.1 Å². The molecule has 2 rings (SSSR count). The lowest BCUT2D eigenvalue weighted by atomic mass is 10.1. The molecule has 0 aromatic carbocycles. The molecule has 0 bridgehead atoms. The van der Waals surface area contributed by atoms with Crippen molar-refractivity contribution in [1.29, 1.82) is 5.26 Å². The summed E-state index contributed by atoms with van der Waals surface area (Å²) < 4.78 is 44.8. The largest absolute Gasteiger partial charge is 0.466 e. The molecule has 0 saturated carbocycles. The third-order valence-electron chi connectivity index (χ3n) is 3.19. The molecule has 0 amide bonds. The van der Waals surface area contributed by atoms with Crippen molar-refractivity contribution in [3.8, 4) is 16.6 Å². The molecular formula is C17H13F3N2O3S2. The van der Waals surface area contributed by atoms with Gasteiger partial charge in [-0.1, -0.05) is 17.8 Å². The first-order chi connectivity index (χ1) is 12.8. The number of carbonyl (C=O) groups excluding carboxylic acids is 2. The topological polar surface area (TPSA) is 80.1 Å². The van der Waals surface area contributed by atoms with E-state index >= 15 is 0 Å². The molecule has 0 aliphatic rings. The molecule has 0 N–H and O–H groups in total. The molecule has 0 unspecified atom stereocenters. The zero-order valence-electron chi connectivity index (χ0n) is 14.0. The Morgan fingerprint density at radius 1 is 1.41 bits per heavy atom. The smallest absolute Gasteiger partial charge is 0.417 e. The van der Waals surface area contributed by atoms with Gasteiger partial charge in [0.2, 0.25) is 0 Å². The summed E-state index contributed by atoms with van der Waals surface area (Å²) >= 11 is 1.90. The number of alkyl halides is 3. The van der Waals surface area contributed by atoms with Crippen molar-refractivity contribution in [2.75, 3.05) is 12.4 Å². The zero-order valence-corrected chi connectivity index (χ0v) is 15.6. The number of ketones is 1. The van der Waals surface area contributed by atoms with Gasteiger partial charge in [-0.25, -0.2) is 4.98 Å². The number of halogens is 3. The van der Waals surface area contributed by atoms with E-state index < -0.39 is 35.5 Å². The number of ether oxygens (including phenoxy) is 1. The Morgan fingerprint density at radius 3 is 2.70 bits per heavy atom. The predicted octanol–water partition coefficient (Wildman–Crippen LogP) is 4.31. The van der Waals surface area contributed by atoms with Crippen molar-refractivity contribution in [3.63, 3.8) is 0 Å². The number of pyridine rings is 1. The van der Waals surface area contributed by atoms with Crippen molar-refractivity contribution >= 4 is 34.9 Å². The molecule has 2 heterocycles. The summed E-state index contributed by atoms with van der Waals surface area (Å²) in [5.41, 5.74) is -1.68. The molecule has 27 heavy (non-hydrogen) atoms. The Labute approximate surface area is 161 Å². The third kappa shape index (κ3) is 5.55. The van der Waals surface area contributed by atoms with Crippen LogP contribution < -0.4 is 0 Å². The molecule has 0 atom stereocenters. The van der Waals surface area contributed by atoms with Crippen LogP contribution in [0.2, 0.25) is 0 Å². The van der Waals surface area contributed by atoms with Gasteiger partial charge in [-0.3, -0.25) is 9.59 Å². The number of nitrogens with zero attached hydrogens (tertiary/aromatic N) is 2. The number of thioether (sulfide) groups is 1. The van der Waals surface area contributed by atoms with Crippen molar-refractivity contribution < 1.29 is 27.5 Å². The van der Waals surface area contributed by atoms with Gasteiger partial charge in [0.25, 0.3) is 0 Å². The molecule has 10 heteroatoms. The Balaban J connectivity index is 2.34. The van der Waals surface area contributed by atoms with Crippen LogP contribution in [0.4, 0.5) is 13.2 Å². The molecule has 0 saturated heterocycles. The fraction of sp³-hybridized carbons (Fsp3) is 0.294. The van der Waals surface area contributed by atoms with Gasteiger partial charge in [-0.15, -0.1) is 11.3 Å². The first kappa shape index (κ1) is 20.9. The predicted molar refractivity (Wildman–Crippen MR) is 94.2 cm³/mol. The minimum absolute atomic E-state index is 0.0664. The van der Waals surface area contributed by atoms with Crippen LogP contribution in [0.15, 0.2) is 28.6 Å². The van der Waals surface area contributed by atoms with E-state index in [1.54, 1.807) is 24.4 Å². The van der Waals surface area contributed by atoms with E-state index in [1.165, 1.54) is 17.4 Å². The molecule has 0 fully saturated rings. The van der Waals surface area contributed by atoms with Gasteiger partial charge in [0.15, 0.2) is 5.78 Å². The van der Waals surface area contributed by atoms with Crippen LogP contribution in [0.5, 0.6) is 0 Å². The summed E-state index contributed by atoms with van der Waals surface area (Å²) in [6, 6.07) is 5.63. The highest BCUT2D eigenvalue weighted by atomic mass is 32.2. The van der Waals surface area contributed by atoms with Gasteiger partial charge in [-0.05, 0) is 24.4 Å². The second-order valence-electron chi connectivity index (χ2n) is 5.13. The number of nitriles is 1. The number of thiophene rings is 1. The van der Waals surface area contributed by atoms with E-state index in [0.717, 1.165) is 6.07 Å². The molecule has 2 aromatic heterocycles. The first-order valence-electron chi connectivity index (χ1n) is 7.62. The second-order valence-corrected chi connectivity index (χ2v) is 7.04. The van der Waals surface area contributed by atoms with Crippen LogP contribution in [0.1, 0.15) is 24.5 Å². The molecule has 2 aromatic rings. The van der Waals surface area contributed by atoms with Crippen LogP contribution in [0.25, 0.3) is 10.6 Å². The Bertz CT molecular complexity index is 875. The van der Waals surface area contributed by atoms with Gasteiger partial charge in [-0.2, -0.15) is 18.4 Å². The number of carbonyl (C=O) groups is 2. The van der Waals surface area contributed by atoms with Gasteiger partial charge in [0, 0.05) is 0 Å². The summed E-state index contributed by atoms with van der Waals surface area (Å²) in [7, 11) is 0. The minimum Gasteiger partial charge on any atom is -0.466 e. The molecule has 0 aliphatic carbocycles. The highest BCUT2D eigenvalue weighted by molar-refractivity contribution is 8.00. The van der Waals surface area contributed by atoms with Crippen molar-refractivity contribution in [3.05, 3.63) is 34.7 Å². The molecule has 0 spiro atoms. The minimum atomic E-state index is -4.75. The van der Waals surface area contributed by atoms with E-state index in [-0.39, 0.29) is 23.1 Å². The highest BCUT2D eigenvalue weighted by Gasteiger charge is 2.36. The molecule has 0 radical (unpaired) electrons. The summed E-state index contributed by atoms with van der Waals surface area (Å²) in [5.74, 6) is -1.54. The van der Waals surface area contributed by atoms with E-state index in [9.17, 15) is 28.0 Å². The molecule has 142 valence electrons. The van der Waals surface area contributed by atoms with Crippen LogP contribution in [-0.4, -0.2) is 29.1 Å². The number of Topliss-reactive ketones (excluding diaryl/α,β-unsaturated/α-hetero) is 1. The SMILES string of the molecule is CCOC(=O)CC(=O)CSc1nc(-c2cccs2)cc(C(F)(F)F)c1C#N. The number of hydrogen-bond donors (Lipinski definition) is 0. The van der Waals surface area contributed by atoms with Gasteiger partial charge < -0.3 is 4.74 Å². The van der Waals surface area contributed by atoms with Crippen LogP contribution in [-0.2, 0) is 20.5 Å². The maximum absolute atomic E-state index is 13.4. The lowest BCUT2D eigenvalue weighted by molar-refractivity contribution is -0.145. The maximum Gasteiger partial charge on any atom is 0.417 e. The summed E-state index contributed by atoms with van der Waals surface area (Å²) in [5, 5.41) is 10.7. The average molecular weight is 414 g/mol. The third-order valence-corrected chi connectivity index (χ3v) is 5.12. The van der Waals surface area contributed by atoms with Crippen molar-refractivity contribution in [2.24, 2.45) is 0 Å². The molecular weight excluding hydrogens is 401 g/mol. The Kier molecular flexibility index (Phi) is 6.98. The first-order valence-corrected chi connectivity index (χ1v) is 9.49. The number of rotatable bonds is 7. The van der Waals surface area contributed by atoms with Crippen molar-refractivity contribution in [2.45, 2.75) is 24.5 Å². The van der Waals surface area contributed by atoms with Crippen molar-refractivity contribution in [1.82, 2.24) is 4.98 Å². The lowest BCUT2D eigenvalue weighted by Gasteiger charge is -2.13. The molecule has 0 aliphatic heterocycles. The van der Waals surface area contributed by atoms with Gasteiger partial charge >= 0.3 is 12.1 Å². The lowest BCUT2D eigenvalue weighted by Crippen LogP contribution is -2.14. The standard InChI is InChI=1S/C17H13F3N2O3S2/c1-2-25-15(24)6-10(23)9-27-16-11(8-21)12(17(18,19)20)7-13(22-16)14-4-3-5-26-14/h3-5,7H,2,6,9H2,1H3. The molecule has 5 nitrogen and oxygen atoms in total. The number of hydrogen-bond acceptors (Lipinski definition) is 7. The van der Waals surface area contributed by atoms with E-state index in [2.05, 4.69) is 9.72 Å². The fourth-order valence-electron chi connectivity index (χ4n) is 2.08. The van der Waals surface area contributed by atoms with E-state index in [0.29, 0.717) is 16.6 Å².